The molecule has 1 aromatic heterocycles. The first-order valence-corrected chi connectivity index (χ1v) is 7.13. The maximum absolute atomic E-state index is 12.6. The van der Waals surface area contributed by atoms with Gasteiger partial charge in [-0.2, -0.15) is 0 Å². The number of Topliss-reactive ketones (excluding diaryl/α,β-unsaturated/α-hetero) is 1. The number of aromatic nitrogens is 2. The fraction of sp³-hybridized carbons (Fsp3) is 0.235. The molecule has 0 atom stereocenters. The van der Waals surface area contributed by atoms with Crippen LogP contribution in [0.5, 0.6) is 0 Å². The van der Waals surface area contributed by atoms with Crippen molar-refractivity contribution in [1.29, 1.82) is 0 Å². The molecule has 0 amide bonds. The van der Waals surface area contributed by atoms with Gasteiger partial charge in [-0.05, 0) is 32.9 Å². The van der Waals surface area contributed by atoms with Gasteiger partial charge in [-0.3, -0.25) is 14.3 Å². The van der Waals surface area contributed by atoms with E-state index in [1.165, 1.54) is 24.7 Å². The fourth-order valence-electron chi connectivity index (χ4n) is 2.27. The molecule has 1 aromatic carbocycles. The smallest absolute Gasteiger partial charge is 0.297 e. The largest absolute Gasteiger partial charge is 0.512 e. The van der Waals surface area contributed by atoms with Crippen molar-refractivity contribution in [2.45, 2.75) is 20.8 Å². The molecule has 0 fully saturated rings. The van der Waals surface area contributed by atoms with Gasteiger partial charge in [0, 0.05) is 13.3 Å². The van der Waals surface area contributed by atoms with Crippen LogP contribution in [0.15, 0.2) is 51.5 Å². The molecular weight excluding hydrogens is 294 g/mol. The molecule has 2 rings (SSSR count). The average Bonchev–Trinajstić information content (AvgIpc) is 2.71. The predicted octanol–water partition coefficient (Wildman–Crippen LogP) is 2.61. The minimum Gasteiger partial charge on any atom is -0.512 e. The zero-order valence-corrected chi connectivity index (χ0v) is 13.6. The SMILES string of the molecule is CC(=O)/C(C=Nc1c(C)n(C)n(-c2ccccc2)c1=O)=C(\C)O. The number of rotatable bonds is 4. The number of aliphatic hydroxyl groups excluding tert-OH is 1. The van der Waals surface area contributed by atoms with Crippen molar-refractivity contribution in [2.75, 3.05) is 0 Å². The molecule has 23 heavy (non-hydrogen) atoms. The monoisotopic (exact) mass is 313 g/mol. The van der Waals surface area contributed by atoms with Crippen molar-refractivity contribution in [3.8, 4) is 5.69 Å². The summed E-state index contributed by atoms with van der Waals surface area (Å²) in [6, 6.07) is 9.22. The van der Waals surface area contributed by atoms with E-state index in [4.69, 9.17) is 0 Å². The van der Waals surface area contributed by atoms with E-state index in [1.807, 2.05) is 30.3 Å². The number of hydrogen-bond acceptors (Lipinski definition) is 4. The molecule has 6 heteroatoms. The van der Waals surface area contributed by atoms with Crippen LogP contribution in [0.1, 0.15) is 19.5 Å². The lowest BCUT2D eigenvalue weighted by atomic mass is 10.2. The maximum atomic E-state index is 12.6. The standard InChI is InChI=1S/C17H19N3O3/c1-11-16(18-10-15(12(2)21)13(3)22)17(23)20(19(11)4)14-8-6-5-7-9-14/h5-10,21H,1-4H3/b15-12+,18-10?. The number of benzene rings is 1. The van der Waals surface area contributed by atoms with Crippen LogP contribution in [-0.4, -0.2) is 26.5 Å². The average molecular weight is 313 g/mol. The Morgan fingerprint density at radius 1 is 1.22 bits per heavy atom. The summed E-state index contributed by atoms with van der Waals surface area (Å²) < 4.78 is 3.21. The van der Waals surface area contributed by atoms with Crippen molar-refractivity contribution in [3.63, 3.8) is 0 Å². The van der Waals surface area contributed by atoms with Crippen LogP contribution >= 0.6 is 0 Å². The van der Waals surface area contributed by atoms with Crippen molar-refractivity contribution >= 4 is 17.7 Å². The molecule has 1 N–H and O–H groups in total. The number of carbonyl (C=O) groups is 1. The lowest BCUT2D eigenvalue weighted by Gasteiger charge is -2.07. The minimum absolute atomic E-state index is 0.0823. The number of para-hydroxylation sites is 1. The Labute approximate surface area is 134 Å². The second kappa shape index (κ2) is 6.48. The number of aliphatic hydroxyl groups is 1. The summed E-state index contributed by atoms with van der Waals surface area (Å²) in [6.45, 7) is 4.51. The van der Waals surface area contributed by atoms with E-state index in [9.17, 15) is 14.7 Å². The third kappa shape index (κ3) is 3.15. The fourth-order valence-corrected chi connectivity index (χ4v) is 2.27. The molecule has 0 aliphatic rings. The van der Waals surface area contributed by atoms with E-state index in [0.29, 0.717) is 5.69 Å². The normalized spacial score (nSPS) is 12.5. The van der Waals surface area contributed by atoms with Crippen molar-refractivity contribution in [3.05, 3.63) is 57.7 Å². The Kier molecular flexibility index (Phi) is 4.64. The topological polar surface area (TPSA) is 76.6 Å². The number of hydrogen-bond donors (Lipinski definition) is 1. The van der Waals surface area contributed by atoms with E-state index in [0.717, 1.165) is 5.69 Å². The lowest BCUT2D eigenvalue weighted by Crippen LogP contribution is -2.19. The first-order chi connectivity index (χ1) is 10.8. The van der Waals surface area contributed by atoms with Crippen LogP contribution in [0.2, 0.25) is 0 Å². The molecule has 0 bridgehead atoms. The Balaban J connectivity index is 2.57. The van der Waals surface area contributed by atoms with Gasteiger partial charge in [-0.25, -0.2) is 9.67 Å². The van der Waals surface area contributed by atoms with Gasteiger partial charge in [-0.1, -0.05) is 18.2 Å². The van der Waals surface area contributed by atoms with Gasteiger partial charge >= 0.3 is 0 Å². The Bertz CT molecular complexity index is 851. The third-order valence-corrected chi connectivity index (χ3v) is 3.62. The van der Waals surface area contributed by atoms with Gasteiger partial charge in [0.25, 0.3) is 5.56 Å². The Morgan fingerprint density at radius 2 is 1.83 bits per heavy atom. The molecule has 0 saturated carbocycles. The Hall–Kier alpha value is -2.89. The number of ketones is 1. The quantitative estimate of drug-likeness (QED) is 0.535. The summed E-state index contributed by atoms with van der Waals surface area (Å²) in [5.41, 5.74) is 1.42. The highest BCUT2D eigenvalue weighted by atomic mass is 16.3. The molecule has 0 spiro atoms. The zero-order chi connectivity index (χ0) is 17.1. The molecule has 2 aromatic rings. The van der Waals surface area contributed by atoms with Gasteiger partial charge < -0.3 is 5.11 Å². The van der Waals surface area contributed by atoms with E-state index < -0.39 is 0 Å². The van der Waals surface area contributed by atoms with Crippen LogP contribution in [0.3, 0.4) is 0 Å². The molecule has 0 radical (unpaired) electrons. The number of aliphatic imine (C=N–C) groups is 1. The molecule has 6 nitrogen and oxygen atoms in total. The molecule has 0 aliphatic heterocycles. The summed E-state index contributed by atoms with van der Waals surface area (Å²) in [7, 11) is 1.77. The Morgan fingerprint density at radius 3 is 2.35 bits per heavy atom. The van der Waals surface area contributed by atoms with Crippen LogP contribution in [0.4, 0.5) is 5.69 Å². The zero-order valence-electron chi connectivity index (χ0n) is 13.6. The number of carbonyl (C=O) groups excluding carboxylic acids is 1. The first-order valence-electron chi connectivity index (χ1n) is 7.13. The minimum atomic E-state index is -0.314. The van der Waals surface area contributed by atoms with Gasteiger partial charge in [0.05, 0.1) is 17.0 Å². The summed E-state index contributed by atoms with van der Waals surface area (Å²) in [6.07, 6.45) is 1.23. The molecule has 120 valence electrons. The lowest BCUT2D eigenvalue weighted by molar-refractivity contribution is -0.113. The molecular formula is C17H19N3O3. The van der Waals surface area contributed by atoms with Gasteiger partial charge in [0.1, 0.15) is 5.76 Å². The summed E-state index contributed by atoms with van der Waals surface area (Å²) in [5.74, 6) is -0.441. The van der Waals surface area contributed by atoms with E-state index >= 15 is 0 Å². The summed E-state index contributed by atoms with van der Waals surface area (Å²) in [4.78, 5) is 28.2. The van der Waals surface area contributed by atoms with Crippen molar-refractivity contribution in [2.24, 2.45) is 12.0 Å². The molecule has 0 unspecified atom stereocenters. The molecule has 1 heterocycles. The van der Waals surface area contributed by atoms with E-state index in [2.05, 4.69) is 4.99 Å². The second-order valence-corrected chi connectivity index (χ2v) is 5.22. The first kappa shape index (κ1) is 16.5. The van der Waals surface area contributed by atoms with Gasteiger partial charge in [-0.15, -0.1) is 0 Å². The summed E-state index contributed by atoms with van der Waals surface area (Å²) in [5, 5.41) is 9.52. The molecule has 0 saturated heterocycles. The third-order valence-electron chi connectivity index (χ3n) is 3.62. The van der Waals surface area contributed by atoms with E-state index in [-0.39, 0.29) is 28.4 Å². The predicted molar refractivity (Wildman–Crippen MR) is 89.9 cm³/mol. The molecule has 0 aliphatic carbocycles. The van der Waals surface area contributed by atoms with Gasteiger partial charge in [0.15, 0.2) is 11.5 Å². The van der Waals surface area contributed by atoms with Crippen LogP contribution in [-0.2, 0) is 11.8 Å². The van der Waals surface area contributed by atoms with Gasteiger partial charge in [0.2, 0.25) is 0 Å². The van der Waals surface area contributed by atoms with Crippen LogP contribution in [0.25, 0.3) is 5.69 Å². The van der Waals surface area contributed by atoms with Crippen molar-refractivity contribution < 1.29 is 9.90 Å². The second-order valence-electron chi connectivity index (χ2n) is 5.22. The number of allylic oxidation sites excluding steroid dienone is 2. The van der Waals surface area contributed by atoms with Crippen LogP contribution < -0.4 is 5.56 Å². The number of nitrogens with zero attached hydrogens (tertiary/aromatic N) is 3. The summed E-state index contributed by atoms with van der Waals surface area (Å²) >= 11 is 0. The maximum Gasteiger partial charge on any atom is 0.297 e. The van der Waals surface area contributed by atoms with E-state index in [1.54, 1.807) is 18.7 Å². The highest BCUT2D eigenvalue weighted by Crippen LogP contribution is 2.17. The highest BCUT2D eigenvalue weighted by Gasteiger charge is 2.15. The highest BCUT2D eigenvalue weighted by molar-refractivity contribution is 6.12. The van der Waals surface area contributed by atoms with Crippen molar-refractivity contribution in [1.82, 2.24) is 9.36 Å². The van der Waals surface area contributed by atoms with Crippen LogP contribution in [0, 0.1) is 6.92 Å².